The highest BCUT2D eigenvalue weighted by Gasteiger charge is 2.47. The van der Waals surface area contributed by atoms with Crippen molar-refractivity contribution in [2.45, 2.75) is 59.5 Å². The van der Waals surface area contributed by atoms with Gasteiger partial charge < -0.3 is 14.8 Å². The number of carbonyl (C=O) groups excluding carboxylic acids is 3. The van der Waals surface area contributed by atoms with Crippen molar-refractivity contribution in [3.63, 3.8) is 0 Å². The molecule has 0 saturated heterocycles. The maximum atomic E-state index is 13.6. The monoisotopic (exact) mass is 425 g/mol. The normalized spacial score (nSPS) is 24.3. The van der Waals surface area contributed by atoms with Crippen LogP contribution in [-0.2, 0) is 23.9 Å². The van der Waals surface area contributed by atoms with Gasteiger partial charge in [-0.2, -0.15) is 0 Å². The average molecular weight is 426 g/mol. The Hall–Kier alpha value is -2.89. The third-order valence-corrected chi connectivity index (χ3v) is 6.35. The molecule has 0 amide bonds. The van der Waals surface area contributed by atoms with Crippen molar-refractivity contribution in [1.82, 2.24) is 5.32 Å². The first-order valence-electron chi connectivity index (χ1n) is 10.8. The number of aryl methyl sites for hydroxylation is 1. The third-order valence-electron chi connectivity index (χ3n) is 6.35. The molecule has 0 bridgehead atoms. The van der Waals surface area contributed by atoms with Crippen LogP contribution in [0, 0.1) is 18.8 Å². The van der Waals surface area contributed by atoms with E-state index in [1.807, 2.05) is 58.9 Å². The lowest BCUT2D eigenvalue weighted by atomic mass is 9.68. The average Bonchev–Trinajstić information content (AvgIpc) is 2.72. The molecule has 1 aliphatic carbocycles. The van der Waals surface area contributed by atoms with Gasteiger partial charge in [-0.1, -0.05) is 38.1 Å². The molecule has 1 heterocycles. The van der Waals surface area contributed by atoms with Crippen molar-refractivity contribution in [3.8, 4) is 0 Å². The standard InChI is InChI=1S/C25H31NO5/c1-7-15(4)31-25(29)20-16(5)26-18-12-14(3)19(24(28)30-6)23(27)22(18)21(20)17-11-9-8-10-13(17)2/h8-11,14-15,19,21,26H,7,12H2,1-6H3/t14-,15-,19-,21-/m1/s1. The number of ether oxygens (including phenoxy) is 2. The van der Waals surface area contributed by atoms with Crippen molar-refractivity contribution in [1.29, 1.82) is 0 Å². The maximum Gasteiger partial charge on any atom is 0.337 e. The van der Waals surface area contributed by atoms with Crippen LogP contribution >= 0.6 is 0 Å². The van der Waals surface area contributed by atoms with Crippen LogP contribution < -0.4 is 5.32 Å². The molecule has 0 saturated carbocycles. The van der Waals surface area contributed by atoms with Gasteiger partial charge in [0.2, 0.25) is 0 Å². The van der Waals surface area contributed by atoms with Crippen LogP contribution in [0.2, 0.25) is 0 Å². The topological polar surface area (TPSA) is 81.7 Å². The summed E-state index contributed by atoms with van der Waals surface area (Å²) in [5.74, 6) is -2.96. The predicted molar refractivity (Wildman–Crippen MR) is 117 cm³/mol. The number of hydrogen-bond acceptors (Lipinski definition) is 6. The summed E-state index contributed by atoms with van der Waals surface area (Å²) in [5.41, 5.74) is 4.15. The quantitative estimate of drug-likeness (QED) is 0.568. The molecule has 0 radical (unpaired) electrons. The van der Waals surface area contributed by atoms with E-state index in [4.69, 9.17) is 9.47 Å². The lowest BCUT2D eigenvalue weighted by Crippen LogP contribution is -2.43. The Morgan fingerprint density at radius 1 is 1.23 bits per heavy atom. The zero-order valence-corrected chi connectivity index (χ0v) is 19.1. The van der Waals surface area contributed by atoms with Crippen LogP contribution in [0.5, 0.6) is 0 Å². The summed E-state index contributed by atoms with van der Waals surface area (Å²) in [7, 11) is 1.29. The van der Waals surface area contributed by atoms with E-state index in [1.165, 1.54) is 7.11 Å². The lowest BCUT2D eigenvalue weighted by molar-refractivity contribution is -0.151. The highest BCUT2D eigenvalue weighted by molar-refractivity contribution is 6.12. The van der Waals surface area contributed by atoms with Gasteiger partial charge in [0.1, 0.15) is 5.92 Å². The molecule has 0 aromatic heterocycles. The fraction of sp³-hybridized carbons (Fsp3) is 0.480. The Labute approximate surface area is 183 Å². The molecule has 0 unspecified atom stereocenters. The Kier molecular flexibility index (Phi) is 6.68. The zero-order chi connectivity index (χ0) is 22.9. The van der Waals surface area contributed by atoms with Gasteiger partial charge in [0.25, 0.3) is 0 Å². The third kappa shape index (κ3) is 4.16. The molecular weight excluding hydrogens is 394 g/mol. The Balaban J connectivity index is 2.18. The minimum absolute atomic E-state index is 0.204. The van der Waals surface area contributed by atoms with E-state index >= 15 is 0 Å². The first-order valence-corrected chi connectivity index (χ1v) is 10.8. The number of nitrogens with one attached hydrogen (secondary N) is 1. The van der Waals surface area contributed by atoms with Crippen molar-refractivity contribution >= 4 is 17.7 Å². The second-order valence-corrected chi connectivity index (χ2v) is 8.52. The number of benzene rings is 1. The van der Waals surface area contributed by atoms with E-state index in [0.717, 1.165) is 16.8 Å². The molecule has 1 aliphatic heterocycles. The molecular formula is C25H31NO5. The predicted octanol–water partition coefficient (Wildman–Crippen LogP) is 3.95. The summed E-state index contributed by atoms with van der Waals surface area (Å²) in [4.78, 5) is 39.3. The molecule has 4 atom stereocenters. The number of dihydropyridines is 1. The first-order chi connectivity index (χ1) is 14.7. The molecule has 1 aromatic carbocycles. The molecule has 1 aromatic rings. The Morgan fingerprint density at radius 2 is 1.90 bits per heavy atom. The largest absolute Gasteiger partial charge is 0.468 e. The van der Waals surface area contributed by atoms with E-state index in [9.17, 15) is 14.4 Å². The first kappa shape index (κ1) is 22.8. The number of methoxy groups -OCH3 is 1. The molecule has 6 nitrogen and oxygen atoms in total. The number of ketones is 1. The summed E-state index contributed by atoms with van der Waals surface area (Å²) in [6.45, 7) is 9.46. The summed E-state index contributed by atoms with van der Waals surface area (Å²) < 4.78 is 10.6. The van der Waals surface area contributed by atoms with Crippen LogP contribution in [0.1, 0.15) is 57.6 Å². The smallest absolute Gasteiger partial charge is 0.337 e. The number of Topliss-reactive ketones (excluding diaryl/α,β-unsaturated/α-hetero) is 1. The van der Waals surface area contributed by atoms with Gasteiger partial charge in [-0.15, -0.1) is 0 Å². The van der Waals surface area contributed by atoms with Crippen LogP contribution in [0.25, 0.3) is 0 Å². The maximum absolute atomic E-state index is 13.6. The molecule has 31 heavy (non-hydrogen) atoms. The molecule has 6 heteroatoms. The van der Waals surface area contributed by atoms with E-state index in [0.29, 0.717) is 29.7 Å². The van der Waals surface area contributed by atoms with Gasteiger partial charge >= 0.3 is 11.9 Å². The van der Waals surface area contributed by atoms with E-state index in [2.05, 4.69) is 5.32 Å². The molecule has 166 valence electrons. The van der Waals surface area contributed by atoms with Gasteiger partial charge in [0.15, 0.2) is 5.78 Å². The fourth-order valence-electron chi connectivity index (χ4n) is 4.50. The molecule has 2 aliphatic rings. The number of allylic oxidation sites excluding steroid dienone is 3. The summed E-state index contributed by atoms with van der Waals surface area (Å²) in [6, 6.07) is 7.70. The van der Waals surface area contributed by atoms with Gasteiger partial charge in [0.05, 0.1) is 18.8 Å². The van der Waals surface area contributed by atoms with Gasteiger partial charge in [-0.25, -0.2) is 4.79 Å². The van der Waals surface area contributed by atoms with Crippen molar-refractivity contribution in [2.24, 2.45) is 11.8 Å². The van der Waals surface area contributed by atoms with Crippen LogP contribution in [0.3, 0.4) is 0 Å². The fourth-order valence-corrected chi connectivity index (χ4v) is 4.50. The number of esters is 2. The van der Waals surface area contributed by atoms with Gasteiger partial charge in [-0.3, -0.25) is 9.59 Å². The second kappa shape index (κ2) is 9.08. The number of rotatable bonds is 5. The highest BCUT2D eigenvalue weighted by Crippen LogP contribution is 2.46. The number of hydrogen-bond donors (Lipinski definition) is 1. The SMILES string of the molecule is CC[C@@H](C)OC(=O)C1=C(C)NC2=C(C(=O)[C@H](C(=O)OC)[C@H](C)C2)[C@@H]1c1ccccc1C. The Morgan fingerprint density at radius 3 is 2.52 bits per heavy atom. The second-order valence-electron chi connectivity index (χ2n) is 8.52. The van der Waals surface area contributed by atoms with E-state index in [-0.39, 0.29) is 17.8 Å². The Bertz CT molecular complexity index is 974. The minimum Gasteiger partial charge on any atom is -0.468 e. The lowest BCUT2D eigenvalue weighted by Gasteiger charge is -2.38. The summed E-state index contributed by atoms with van der Waals surface area (Å²) >= 11 is 0. The molecule has 1 N–H and O–H groups in total. The molecule has 3 rings (SSSR count). The van der Waals surface area contributed by atoms with Gasteiger partial charge in [0, 0.05) is 22.9 Å². The van der Waals surface area contributed by atoms with Crippen LogP contribution in [-0.4, -0.2) is 30.9 Å². The number of carbonyl (C=O) groups is 3. The molecule has 0 fully saturated rings. The van der Waals surface area contributed by atoms with Crippen molar-refractivity contribution in [2.75, 3.05) is 7.11 Å². The van der Waals surface area contributed by atoms with Crippen LogP contribution in [0.15, 0.2) is 46.8 Å². The summed E-state index contributed by atoms with van der Waals surface area (Å²) in [5, 5.41) is 3.28. The zero-order valence-electron chi connectivity index (χ0n) is 19.1. The molecule has 0 spiro atoms. The van der Waals surface area contributed by atoms with E-state index < -0.39 is 23.8 Å². The van der Waals surface area contributed by atoms with Crippen molar-refractivity contribution in [3.05, 3.63) is 57.9 Å². The van der Waals surface area contributed by atoms with Gasteiger partial charge in [-0.05, 0) is 50.7 Å². The van der Waals surface area contributed by atoms with E-state index in [1.54, 1.807) is 0 Å². The minimum atomic E-state index is -0.887. The van der Waals surface area contributed by atoms with Crippen molar-refractivity contribution < 1.29 is 23.9 Å². The summed E-state index contributed by atoms with van der Waals surface area (Å²) in [6.07, 6.45) is 0.967. The highest BCUT2D eigenvalue weighted by atomic mass is 16.5. The van der Waals surface area contributed by atoms with Crippen LogP contribution in [0.4, 0.5) is 0 Å².